The van der Waals surface area contributed by atoms with E-state index in [2.05, 4.69) is 16.7 Å². The first-order chi connectivity index (χ1) is 16.7. The van der Waals surface area contributed by atoms with Gasteiger partial charge in [0.2, 0.25) is 0 Å². The molecule has 2 aromatic carbocycles. The predicted molar refractivity (Wildman–Crippen MR) is 132 cm³/mol. The number of hydrogen-bond acceptors (Lipinski definition) is 4. The van der Waals surface area contributed by atoms with E-state index >= 15 is 0 Å². The largest absolute Gasteiger partial charge is 0.368 e. The van der Waals surface area contributed by atoms with Crippen LogP contribution in [-0.4, -0.2) is 59.9 Å². The van der Waals surface area contributed by atoms with E-state index in [-0.39, 0.29) is 41.5 Å². The van der Waals surface area contributed by atoms with Gasteiger partial charge in [0.05, 0.1) is 6.57 Å². The van der Waals surface area contributed by atoms with Crippen molar-refractivity contribution in [3.05, 3.63) is 74.8 Å². The molecule has 2 heterocycles. The average Bonchev–Trinajstić information content (AvgIpc) is 3.36. The highest BCUT2D eigenvalue weighted by molar-refractivity contribution is 6.30. The minimum atomic E-state index is -0.600. The first-order valence-electron chi connectivity index (χ1n) is 11.9. The fourth-order valence-corrected chi connectivity index (χ4v) is 5.19. The van der Waals surface area contributed by atoms with Crippen molar-refractivity contribution in [1.29, 1.82) is 0 Å². The van der Waals surface area contributed by atoms with Crippen LogP contribution in [0.2, 0.25) is 5.02 Å². The summed E-state index contributed by atoms with van der Waals surface area (Å²) in [6.45, 7) is 14.6. The normalized spacial score (nSPS) is 20.6. The van der Waals surface area contributed by atoms with Gasteiger partial charge in [-0.2, -0.15) is 0 Å². The topological polar surface area (TPSA) is 54.2 Å². The molecule has 1 amide bonds. The van der Waals surface area contributed by atoms with Crippen LogP contribution < -0.4 is 0 Å². The summed E-state index contributed by atoms with van der Waals surface area (Å²) < 4.78 is 19.4. The minimum absolute atomic E-state index is 0.0698. The molecule has 0 unspecified atom stereocenters. The van der Waals surface area contributed by atoms with Crippen molar-refractivity contribution >= 4 is 29.0 Å². The number of carbonyl (C=O) groups excluding carboxylic acids is 2. The van der Waals surface area contributed by atoms with E-state index in [0.29, 0.717) is 24.7 Å². The molecule has 184 valence electrons. The molecular weight excluding hydrogens is 469 g/mol. The number of carbonyl (C=O) groups is 2. The van der Waals surface area contributed by atoms with Crippen molar-refractivity contribution in [3.8, 4) is 0 Å². The van der Waals surface area contributed by atoms with Crippen molar-refractivity contribution in [3.63, 3.8) is 0 Å². The fourth-order valence-electron chi connectivity index (χ4n) is 4.92. The molecule has 0 N–H and O–H groups in total. The molecule has 0 radical (unpaired) electrons. The molecule has 2 fully saturated rings. The average molecular weight is 498 g/mol. The third kappa shape index (κ3) is 5.90. The number of nitrogens with zero attached hydrogens (tertiary/aromatic N) is 3. The van der Waals surface area contributed by atoms with E-state index in [9.17, 15) is 14.0 Å². The number of benzene rings is 2. The molecule has 2 aliphatic heterocycles. The van der Waals surface area contributed by atoms with Gasteiger partial charge in [-0.1, -0.05) is 11.6 Å². The van der Waals surface area contributed by atoms with Gasteiger partial charge in [0.15, 0.2) is 11.5 Å². The van der Waals surface area contributed by atoms with Gasteiger partial charge in [-0.25, -0.2) is 9.24 Å². The molecular formula is C27H29ClFN3O3. The van der Waals surface area contributed by atoms with Gasteiger partial charge in [0, 0.05) is 55.8 Å². The first-order valence-corrected chi connectivity index (χ1v) is 12.3. The Morgan fingerprint density at radius 3 is 2.66 bits per heavy atom. The molecule has 0 bridgehead atoms. The number of hydrogen-bond donors (Lipinski definition) is 0. The van der Waals surface area contributed by atoms with E-state index in [4.69, 9.17) is 22.9 Å². The van der Waals surface area contributed by atoms with Crippen LogP contribution in [0, 0.1) is 19.3 Å². The quantitative estimate of drug-likeness (QED) is 0.417. The molecule has 2 atom stereocenters. The third-order valence-corrected chi connectivity index (χ3v) is 7.08. The van der Waals surface area contributed by atoms with Crippen LogP contribution in [-0.2, 0) is 22.5 Å². The summed E-state index contributed by atoms with van der Waals surface area (Å²) >= 11 is 6.41. The zero-order valence-corrected chi connectivity index (χ0v) is 20.8. The van der Waals surface area contributed by atoms with Crippen LogP contribution >= 0.6 is 11.6 Å². The van der Waals surface area contributed by atoms with Gasteiger partial charge in [0.1, 0.15) is 11.9 Å². The fraction of sp³-hybridized carbons (Fsp3) is 0.444. The van der Waals surface area contributed by atoms with Crippen LogP contribution in [0.5, 0.6) is 0 Å². The highest BCUT2D eigenvalue weighted by Crippen LogP contribution is 2.26. The minimum Gasteiger partial charge on any atom is -0.368 e. The predicted octanol–water partition coefficient (Wildman–Crippen LogP) is 4.98. The number of rotatable bonds is 6. The monoisotopic (exact) mass is 497 g/mol. The summed E-state index contributed by atoms with van der Waals surface area (Å²) in [5.74, 6) is -0.773. The highest BCUT2D eigenvalue weighted by Gasteiger charge is 2.34. The zero-order valence-electron chi connectivity index (χ0n) is 20.0. The Bertz CT molecular complexity index is 1170. The van der Waals surface area contributed by atoms with Crippen molar-refractivity contribution in [2.24, 2.45) is 0 Å². The van der Waals surface area contributed by atoms with Crippen LogP contribution in [0.1, 0.15) is 46.8 Å². The molecule has 2 aliphatic rings. The number of halogens is 2. The second kappa shape index (κ2) is 10.9. The Morgan fingerprint density at radius 1 is 1.20 bits per heavy atom. The van der Waals surface area contributed by atoms with Crippen LogP contribution in [0.25, 0.3) is 4.85 Å². The van der Waals surface area contributed by atoms with E-state index in [1.165, 1.54) is 6.07 Å². The Morgan fingerprint density at radius 2 is 1.97 bits per heavy atom. The van der Waals surface area contributed by atoms with E-state index in [1.54, 1.807) is 6.07 Å². The van der Waals surface area contributed by atoms with Gasteiger partial charge >= 0.3 is 0 Å². The number of ketones is 1. The molecule has 0 spiro atoms. The van der Waals surface area contributed by atoms with E-state index in [0.717, 1.165) is 54.8 Å². The Kier molecular flexibility index (Phi) is 7.85. The molecule has 0 aliphatic carbocycles. The summed E-state index contributed by atoms with van der Waals surface area (Å²) in [5.41, 5.74) is 3.05. The maximum Gasteiger partial charge on any atom is 0.252 e. The van der Waals surface area contributed by atoms with Crippen molar-refractivity contribution < 1.29 is 18.7 Å². The van der Waals surface area contributed by atoms with Gasteiger partial charge in [-0.3, -0.25) is 14.5 Å². The van der Waals surface area contributed by atoms with Crippen molar-refractivity contribution in [2.45, 2.75) is 51.8 Å². The molecule has 4 rings (SSSR count). The summed E-state index contributed by atoms with van der Waals surface area (Å²) in [6, 6.07) is 7.45. The smallest absolute Gasteiger partial charge is 0.252 e. The molecule has 0 saturated carbocycles. The molecule has 0 aromatic heterocycles. The number of Topliss-reactive ketones (excluding diaryl/α,β-unsaturated/α-hetero) is 1. The van der Waals surface area contributed by atoms with Gasteiger partial charge in [-0.05, 0) is 73.7 Å². The van der Waals surface area contributed by atoms with Gasteiger partial charge in [0.25, 0.3) is 5.91 Å². The molecule has 2 aromatic rings. The van der Waals surface area contributed by atoms with Crippen LogP contribution in [0.15, 0.2) is 30.3 Å². The summed E-state index contributed by atoms with van der Waals surface area (Å²) in [4.78, 5) is 33.1. The maximum absolute atomic E-state index is 13.8. The van der Waals surface area contributed by atoms with Gasteiger partial charge in [-0.15, -0.1) is 0 Å². The molecule has 35 heavy (non-hydrogen) atoms. The highest BCUT2D eigenvalue weighted by atomic mass is 35.5. The Hall–Kier alpha value is -2.79. The second-order valence-corrected chi connectivity index (χ2v) is 9.81. The Labute approximate surface area is 210 Å². The molecule has 6 nitrogen and oxygen atoms in total. The van der Waals surface area contributed by atoms with Gasteiger partial charge < -0.3 is 9.64 Å². The maximum atomic E-state index is 13.8. The number of piperazine rings is 1. The third-order valence-electron chi connectivity index (χ3n) is 6.87. The van der Waals surface area contributed by atoms with E-state index in [1.807, 2.05) is 17.9 Å². The van der Waals surface area contributed by atoms with E-state index < -0.39 is 5.82 Å². The number of amides is 1. The summed E-state index contributed by atoms with van der Waals surface area (Å²) in [7, 11) is 0. The summed E-state index contributed by atoms with van der Waals surface area (Å²) in [6.07, 6.45) is 1.50. The van der Waals surface area contributed by atoms with Crippen LogP contribution in [0.3, 0.4) is 0 Å². The van der Waals surface area contributed by atoms with Crippen LogP contribution in [0.4, 0.5) is 10.1 Å². The lowest BCUT2D eigenvalue weighted by Crippen LogP contribution is -2.55. The lowest BCUT2D eigenvalue weighted by molar-refractivity contribution is -0.145. The van der Waals surface area contributed by atoms with Crippen molar-refractivity contribution in [1.82, 2.24) is 9.80 Å². The SMILES string of the molecule is [C-]#[N+]c1cc(F)cc(C(=O)Cc2cc(Cl)cc(CN3CCN(C(=O)[C@H]4CCCO4)[C@@H](C)C3)c2C)c1. The summed E-state index contributed by atoms with van der Waals surface area (Å²) in [5, 5.41) is 0.537. The second-order valence-electron chi connectivity index (χ2n) is 9.38. The lowest BCUT2D eigenvalue weighted by Gasteiger charge is -2.41. The van der Waals surface area contributed by atoms with Crippen molar-refractivity contribution in [2.75, 3.05) is 26.2 Å². The first kappa shape index (κ1) is 25.3. The Balaban J connectivity index is 1.45. The zero-order chi connectivity index (χ0) is 25.1. The standard InChI is InChI=1S/C27H29ClFN3O3/c1-17-15-31(6-7-32(17)27(34)26-5-4-8-35-26)16-21-10-22(28)9-19(18(21)2)13-25(33)20-11-23(29)14-24(12-20)30-3/h9-12,14,17,26H,4-8,13,15-16H2,1-2H3/t17-,26+/m0/s1. The number of ether oxygens (including phenoxy) is 1. The molecule has 8 heteroatoms. The lowest BCUT2D eigenvalue weighted by atomic mass is 9.95. The molecule has 2 saturated heterocycles.